The van der Waals surface area contributed by atoms with Gasteiger partial charge in [-0.3, -0.25) is 14.9 Å². The average molecular weight is 470 g/mol. The number of aromatic nitrogens is 1. The van der Waals surface area contributed by atoms with E-state index in [9.17, 15) is 24.5 Å². The van der Waals surface area contributed by atoms with E-state index in [1.54, 1.807) is 36.4 Å². The van der Waals surface area contributed by atoms with Crippen LogP contribution in [-0.4, -0.2) is 34.7 Å². The van der Waals surface area contributed by atoms with Gasteiger partial charge in [-0.05, 0) is 29.8 Å². The summed E-state index contributed by atoms with van der Waals surface area (Å²) in [5.74, 6) is -1.91. The molecule has 3 aromatic carbocycles. The second-order valence-corrected chi connectivity index (χ2v) is 7.33. The van der Waals surface area contributed by atoms with Gasteiger partial charge in [-0.2, -0.15) is 0 Å². The van der Waals surface area contributed by atoms with Gasteiger partial charge in [-0.25, -0.2) is 9.59 Å². The lowest BCUT2D eigenvalue weighted by atomic mass is 9.95. The van der Waals surface area contributed by atoms with E-state index in [4.69, 9.17) is 9.47 Å². The number of para-hydroxylation sites is 1. The van der Waals surface area contributed by atoms with Gasteiger partial charge in [0.15, 0.2) is 5.78 Å². The number of esters is 2. The van der Waals surface area contributed by atoms with Gasteiger partial charge in [0.25, 0.3) is 5.69 Å². The summed E-state index contributed by atoms with van der Waals surface area (Å²) in [5, 5.41) is 10.8. The molecule has 4 rings (SSSR count). The van der Waals surface area contributed by atoms with Gasteiger partial charge in [0.2, 0.25) is 0 Å². The number of carbonyl (C=O) groups excluding carboxylic acids is 3. The number of non-ortho nitro benzene ring substituents is 1. The number of carbonyl (C=O) groups is 3. The Morgan fingerprint density at radius 1 is 0.829 bits per heavy atom. The molecule has 0 bridgehead atoms. The molecule has 174 valence electrons. The van der Waals surface area contributed by atoms with E-state index in [2.05, 4.69) is 4.98 Å². The minimum Gasteiger partial charge on any atom is -0.464 e. The van der Waals surface area contributed by atoms with Gasteiger partial charge in [-0.1, -0.05) is 42.5 Å². The van der Waals surface area contributed by atoms with Gasteiger partial charge in [-0.15, -0.1) is 0 Å². The second-order valence-electron chi connectivity index (χ2n) is 7.33. The summed E-state index contributed by atoms with van der Waals surface area (Å²) in [4.78, 5) is 51.7. The Bertz CT molecular complexity index is 1420. The van der Waals surface area contributed by atoms with Gasteiger partial charge in [0.1, 0.15) is 11.4 Å². The SMILES string of the molecule is COC(=O)c1[nH]cc(C(=O)c2ccccc2OC(=O)c2ccc([N+](=O)[O-])cc2)c1-c1ccccc1. The maximum Gasteiger partial charge on any atom is 0.355 e. The topological polar surface area (TPSA) is 129 Å². The van der Waals surface area contributed by atoms with Crippen LogP contribution in [0.2, 0.25) is 0 Å². The third-order valence-corrected chi connectivity index (χ3v) is 5.22. The van der Waals surface area contributed by atoms with Crippen LogP contribution in [0.5, 0.6) is 5.75 Å². The van der Waals surface area contributed by atoms with E-state index < -0.39 is 22.6 Å². The highest BCUT2D eigenvalue weighted by molar-refractivity contribution is 6.17. The molecular weight excluding hydrogens is 452 g/mol. The van der Waals surface area contributed by atoms with Gasteiger partial charge in [0, 0.05) is 29.5 Å². The number of H-pyrrole nitrogens is 1. The molecule has 1 aromatic heterocycles. The zero-order chi connectivity index (χ0) is 24.9. The van der Waals surface area contributed by atoms with Crippen LogP contribution in [0, 0.1) is 10.1 Å². The lowest BCUT2D eigenvalue weighted by Crippen LogP contribution is -2.12. The number of rotatable bonds is 7. The van der Waals surface area contributed by atoms with Crippen molar-refractivity contribution < 1.29 is 28.8 Å². The van der Waals surface area contributed by atoms with Crippen LogP contribution in [0.15, 0.2) is 85.1 Å². The molecule has 0 fully saturated rings. The largest absolute Gasteiger partial charge is 0.464 e. The number of nitro groups is 1. The molecule has 0 unspecified atom stereocenters. The van der Waals surface area contributed by atoms with Gasteiger partial charge < -0.3 is 14.5 Å². The number of nitro benzene ring substituents is 1. The molecule has 0 radical (unpaired) electrons. The minimum atomic E-state index is -0.784. The fourth-order valence-corrected chi connectivity index (χ4v) is 3.54. The maximum absolute atomic E-state index is 13.6. The van der Waals surface area contributed by atoms with E-state index in [1.807, 2.05) is 6.07 Å². The van der Waals surface area contributed by atoms with Crippen LogP contribution in [0.3, 0.4) is 0 Å². The first-order valence-electron chi connectivity index (χ1n) is 10.4. The lowest BCUT2D eigenvalue weighted by Gasteiger charge is -2.11. The predicted molar refractivity (Wildman–Crippen MR) is 125 cm³/mol. The highest BCUT2D eigenvalue weighted by atomic mass is 16.6. The van der Waals surface area contributed by atoms with Crippen LogP contribution in [0.1, 0.15) is 36.8 Å². The Balaban J connectivity index is 1.71. The van der Waals surface area contributed by atoms with Crippen LogP contribution in [0.25, 0.3) is 11.1 Å². The fourth-order valence-electron chi connectivity index (χ4n) is 3.54. The van der Waals surface area contributed by atoms with Crippen molar-refractivity contribution in [2.45, 2.75) is 0 Å². The number of nitrogens with zero attached hydrogens (tertiary/aromatic N) is 1. The van der Waals surface area contributed by atoms with Gasteiger partial charge >= 0.3 is 11.9 Å². The summed E-state index contributed by atoms with van der Waals surface area (Å²) in [7, 11) is 1.24. The average Bonchev–Trinajstić information content (AvgIpc) is 3.34. The zero-order valence-corrected chi connectivity index (χ0v) is 18.4. The molecule has 0 atom stereocenters. The molecule has 4 aromatic rings. The zero-order valence-electron chi connectivity index (χ0n) is 18.4. The molecular formula is C26H18N2O7. The van der Waals surface area contributed by atoms with E-state index in [0.717, 1.165) is 0 Å². The minimum absolute atomic E-state index is 0.000632. The number of benzene rings is 3. The molecule has 0 amide bonds. The first kappa shape index (κ1) is 23.1. The number of methoxy groups -OCH3 is 1. The quantitative estimate of drug-likeness (QED) is 0.135. The Morgan fingerprint density at radius 3 is 2.14 bits per heavy atom. The van der Waals surface area contributed by atoms with Crippen molar-refractivity contribution in [3.8, 4) is 16.9 Å². The molecule has 35 heavy (non-hydrogen) atoms. The monoisotopic (exact) mass is 470 g/mol. The van der Waals surface area contributed by atoms with Crippen LogP contribution in [0.4, 0.5) is 5.69 Å². The number of aromatic amines is 1. The number of ketones is 1. The number of hydrogen-bond acceptors (Lipinski definition) is 7. The number of nitrogens with one attached hydrogen (secondary N) is 1. The molecule has 1 heterocycles. The molecule has 0 aliphatic heterocycles. The van der Waals surface area contributed by atoms with Crippen LogP contribution < -0.4 is 4.74 Å². The first-order valence-corrected chi connectivity index (χ1v) is 10.4. The van der Waals surface area contributed by atoms with Gasteiger partial charge in [0.05, 0.1) is 23.2 Å². The maximum atomic E-state index is 13.6. The molecule has 9 nitrogen and oxygen atoms in total. The van der Waals surface area contributed by atoms with Crippen molar-refractivity contribution in [2.24, 2.45) is 0 Å². The third kappa shape index (κ3) is 4.69. The molecule has 0 saturated carbocycles. The highest BCUT2D eigenvalue weighted by Gasteiger charge is 2.26. The summed E-state index contributed by atoms with van der Waals surface area (Å²) in [6.07, 6.45) is 1.41. The van der Waals surface area contributed by atoms with Crippen molar-refractivity contribution in [1.82, 2.24) is 4.98 Å². The van der Waals surface area contributed by atoms with Crippen LogP contribution in [-0.2, 0) is 4.74 Å². The smallest absolute Gasteiger partial charge is 0.355 e. The van der Waals surface area contributed by atoms with Crippen molar-refractivity contribution in [1.29, 1.82) is 0 Å². The summed E-state index contributed by atoms with van der Waals surface area (Å²) in [6.45, 7) is 0. The highest BCUT2D eigenvalue weighted by Crippen LogP contribution is 2.32. The van der Waals surface area contributed by atoms with Crippen molar-refractivity contribution in [3.05, 3.63) is 118 Å². The van der Waals surface area contributed by atoms with E-state index in [-0.39, 0.29) is 33.8 Å². The van der Waals surface area contributed by atoms with E-state index >= 15 is 0 Å². The Labute approximate surface area is 199 Å². The summed E-state index contributed by atoms with van der Waals surface area (Å²) in [5.41, 5.74) is 1.29. The van der Waals surface area contributed by atoms with E-state index in [0.29, 0.717) is 11.1 Å². The lowest BCUT2D eigenvalue weighted by molar-refractivity contribution is -0.384. The standard InChI is InChI=1S/C26H18N2O7/c1-34-26(31)23-22(16-7-3-2-4-8-16)20(15-27-23)24(29)19-9-5-6-10-21(19)35-25(30)17-11-13-18(14-12-17)28(32)33/h2-15,27H,1H3. The van der Waals surface area contributed by atoms with Crippen molar-refractivity contribution in [2.75, 3.05) is 7.11 Å². The number of hydrogen-bond donors (Lipinski definition) is 1. The molecule has 1 N–H and O–H groups in total. The summed E-state index contributed by atoms with van der Waals surface area (Å²) < 4.78 is 10.3. The molecule has 0 aliphatic carbocycles. The molecule has 0 spiro atoms. The third-order valence-electron chi connectivity index (χ3n) is 5.22. The van der Waals surface area contributed by atoms with Crippen LogP contribution >= 0.6 is 0 Å². The Morgan fingerprint density at radius 2 is 1.49 bits per heavy atom. The van der Waals surface area contributed by atoms with Crippen molar-refractivity contribution in [3.63, 3.8) is 0 Å². The first-order chi connectivity index (χ1) is 16.9. The fraction of sp³-hybridized carbons (Fsp3) is 0.0385. The normalized spacial score (nSPS) is 10.4. The van der Waals surface area contributed by atoms with E-state index in [1.165, 1.54) is 49.7 Å². The summed E-state index contributed by atoms with van der Waals surface area (Å²) >= 11 is 0. The van der Waals surface area contributed by atoms with Crippen molar-refractivity contribution >= 4 is 23.4 Å². The Kier molecular flexibility index (Phi) is 6.50. The molecule has 0 saturated heterocycles. The molecule has 9 heteroatoms. The predicted octanol–water partition coefficient (Wildman–Crippen LogP) is 4.83. The second kappa shape index (κ2) is 9.84. The summed E-state index contributed by atoms with van der Waals surface area (Å²) in [6, 6.07) is 20.0. The number of ether oxygens (including phenoxy) is 2. The molecule has 0 aliphatic rings. The Hall–Kier alpha value is -5.05.